The maximum Gasteiger partial charge on any atom is 0.415 e. The van der Waals surface area contributed by atoms with Crippen molar-refractivity contribution in [3.8, 4) is 17.1 Å². The number of imidazole rings is 1. The minimum atomic E-state index is -0.632. The van der Waals surface area contributed by atoms with Gasteiger partial charge in [-0.3, -0.25) is 14.4 Å². The average Bonchev–Trinajstić information content (AvgIpc) is 3.54. The fourth-order valence-electron chi connectivity index (χ4n) is 5.52. The van der Waals surface area contributed by atoms with Crippen LogP contribution in [0.4, 0.5) is 26.6 Å². The van der Waals surface area contributed by atoms with Crippen molar-refractivity contribution >= 4 is 23.5 Å². The Bertz CT molecular complexity index is 1440. The number of carbonyl (C=O) groups excluding carboxylic acids is 1. The van der Waals surface area contributed by atoms with E-state index in [-0.39, 0.29) is 25.0 Å². The number of anilines is 2. The first-order chi connectivity index (χ1) is 19.7. The van der Waals surface area contributed by atoms with Gasteiger partial charge in [0.1, 0.15) is 23.7 Å². The number of aliphatic hydroxyl groups is 1. The molecular formula is C26H29FN8O6. The molecule has 14 nitrogen and oxygen atoms in total. The van der Waals surface area contributed by atoms with Crippen LogP contribution in [0.3, 0.4) is 0 Å². The van der Waals surface area contributed by atoms with Gasteiger partial charge in [0.25, 0.3) is 0 Å². The van der Waals surface area contributed by atoms with Crippen LogP contribution in [0, 0.1) is 15.9 Å². The lowest BCUT2D eigenvalue weighted by Crippen LogP contribution is -2.46. The third-order valence-electron chi connectivity index (χ3n) is 7.48. The molecule has 2 fully saturated rings. The summed E-state index contributed by atoms with van der Waals surface area (Å²) in [7, 11) is 0. The molecule has 1 N–H and O–H groups in total. The number of cyclic esters (lactones) is 1. The molecule has 1 aromatic carbocycles. The number of amides is 1. The predicted octanol–water partition coefficient (Wildman–Crippen LogP) is 2.07. The molecule has 216 valence electrons. The van der Waals surface area contributed by atoms with Crippen molar-refractivity contribution in [3.63, 3.8) is 0 Å². The first-order valence-electron chi connectivity index (χ1n) is 13.3. The van der Waals surface area contributed by atoms with Gasteiger partial charge in [-0.1, -0.05) is 0 Å². The van der Waals surface area contributed by atoms with E-state index in [0.29, 0.717) is 42.4 Å². The van der Waals surface area contributed by atoms with E-state index >= 15 is 4.39 Å². The molecule has 5 heterocycles. The normalized spacial score (nSPS) is 22.8. The Hall–Kier alpha value is -4.37. The first-order valence-corrected chi connectivity index (χ1v) is 13.3. The maximum atomic E-state index is 15.0. The molecule has 3 aliphatic rings. The maximum absolute atomic E-state index is 15.0. The number of rotatable bonds is 7. The zero-order valence-corrected chi connectivity index (χ0v) is 22.3. The highest BCUT2D eigenvalue weighted by Crippen LogP contribution is 2.32. The van der Waals surface area contributed by atoms with Crippen molar-refractivity contribution in [1.82, 2.24) is 24.4 Å². The van der Waals surface area contributed by atoms with Crippen LogP contribution in [0.25, 0.3) is 11.1 Å². The number of aliphatic hydroxyl groups excluding tert-OH is 1. The number of carbonyl (C=O) groups is 1. The van der Waals surface area contributed by atoms with Gasteiger partial charge in [-0.05, 0) is 36.5 Å². The van der Waals surface area contributed by atoms with Crippen molar-refractivity contribution in [2.45, 2.75) is 31.6 Å². The number of halogens is 1. The Kier molecular flexibility index (Phi) is 6.91. The van der Waals surface area contributed by atoms with Gasteiger partial charge in [-0.25, -0.2) is 19.2 Å². The van der Waals surface area contributed by atoms with E-state index in [2.05, 4.69) is 24.8 Å². The van der Waals surface area contributed by atoms with E-state index in [0.717, 1.165) is 26.1 Å². The SMILES string of the molecule is CC1(CN2CCCN(c3ncc(-c4ccc(N5C[C@H](CO)OC5=O)cc4F)cn3)CC2)Cn2cc([N+](=O)[O-])nc2O1. The minimum Gasteiger partial charge on any atom is -0.441 e. The molecule has 0 aliphatic carbocycles. The van der Waals surface area contributed by atoms with Gasteiger partial charge in [0.15, 0.2) is 0 Å². The summed E-state index contributed by atoms with van der Waals surface area (Å²) in [6.07, 6.45) is 4.20. The van der Waals surface area contributed by atoms with Crippen LogP contribution in [0.2, 0.25) is 0 Å². The fraction of sp³-hybridized carbons (Fsp3) is 0.462. The van der Waals surface area contributed by atoms with Crippen LogP contribution in [0.5, 0.6) is 6.01 Å². The van der Waals surface area contributed by atoms with Crippen molar-refractivity contribution in [2.75, 3.05) is 55.7 Å². The van der Waals surface area contributed by atoms with Crippen LogP contribution in [0.15, 0.2) is 36.8 Å². The lowest BCUT2D eigenvalue weighted by Gasteiger charge is -2.30. The van der Waals surface area contributed by atoms with Gasteiger partial charge in [-0.2, -0.15) is 0 Å². The van der Waals surface area contributed by atoms with E-state index < -0.39 is 28.5 Å². The molecule has 1 unspecified atom stereocenters. The molecule has 6 rings (SSSR count). The van der Waals surface area contributed by atoms with Crippen molar-refractivity contribution in [2.24, 2.45) is 0 Å². The zero-order valence-electron chi connectivity index (χ0n) is 22.3. The van der Waals surface area contributed by atoms with E-state index in [9.17, 15) is 20.0 Å². The standard InChI is InChI=1S/C26H29FN8O6/c1-26(16-33-13-22(35(38)39)30-24(33)41-26)15-31-5-2-6-32(8-7-31)23-28-10-17(11-29-23)20-4-3-18(9-21(20)27)34-12-19(14-36)40-25(34)37/h3-4,9-11,13,19,36H,2,5-8,12,14-16H2,1H3/t19-,26?/m1/s1. The van der Waals surface area contributed by atoms with Gasteiger partial charge in [-0.15, -0.1) is 0 Å². The second kappa shape index (κ2) is 10.6. The summed E-state index contributed by atoms with van der Waals surface area (Å²) in [6.45, 7) is 6.00. The Labute approximate surface area is 234 Å². The summed E-state index contributed by atoms with van der Waals surface area (Å²) < 4.78 is 27.7. The molecule has 0 radical (unpaired) electrons. The van der Waals surface area contributed by atoms with Gasteiger partial charge >= 0.3 is 17.9 Å². The molecule has 2 aromatic heterocycles. The van der Waals surface area contributed by atoms with Gasteiger partial charge in [0, 0.05) is 61.2 Å². The number of nitrogens with zero attached hydrogens (tertiary/aromatic N) is 8. The van der Waals surface area contributed by atoms with Crippen LogP contribution in [0.1, 0.15) is 13.3 Å². The third kappa shape index (κ3) is 5.37. The summed E-state index contributed by atoms with van der Waals surface area (Å²) >= 11 is 0. The summed E-state index contributed by atoms with van der Waals surface area (Å²) in [4.78, 5) is 41.1. The molecule has 0 bridgehead atoms. The fourth-order valence-corrected chi connectivity index (χ4v) is 5.52. The largest absolute Gasteiger partial charge is 0.441 e. The lowest BCUT2D eigenvalue weighted by molar-refractivity contribution is -0.389. The summed E-state index contributed by atoms with van der Waals surface area (Å²) in [5.41, 5.74) is 0.626. The Morgan fingerprint density at radius 1 is 1.22 bits per heavy atom. The molecule has 3 aliphatic heterocycles. The molecule has 3 aromatic rings. The zero-order chi connectivity index (χ0) is 28.7. The van der Waals surface area contributed by atoms with E-state index in [4.69, 9.17) is 9.47 Å². The Morgan fingerprint density at radius 3 is 2.71 bits per heavy atom. The summed E-state index contributed by atoms with van der Waals surface area (Å²) in [6, 6.07) is 4.72. The topological polar surface area (TPSA) is 152 Å². The number of fused-ring (bicyclic) bond motifs is 1. The summed E-state index contributed by atoms with van der Waals surface area (Å²) in [5.74, 6) is -0.189. The van der Waals surface area contributed by atoms with Gasteiger partial charge in [0.05, 0.1) is 25.4 Å². The first kappa shape index (κ1) is 26.8. The molecule has 41 heavy (non-hydrogen) atoms. The van der Waals surface area contributed by atoms with Crippen LogP contribution in [-0.4, -0.2) is 98.1 Å². The molecule has 2 saturated heterocycles. The van der Waals surface area contributed by atoms with E-state index in [1.165, 1.54) is 17.2 Å². The van der Waals surface area contributed by atoms with Gasteiger partial charge < -0.3 is 29.6 Å². The van der Waals surface area contributed by atoms with Crippen LogP contribution < -0.4 is 14.5 Å². The molecule has 15 heteroatoms. The Balaban J connectivity index is 1.07. The monoisotopic (exact) mass is 568 g/mol. The lowest BCUT2D eigenvalue weighted by atomic mass is 10.1. The minimum absolute atomic E-state index is 0.154. The molecule has 0 spiro atoms. The molecule has 0 saturated carbocycles. The number of benzene rings is 1. The molecular weight excluding hydrogens is 539 g/mol. The van der Waals surface area contributed by atoms with Crippen molar-refractivity contribution in [1.29, 1.82) is 0 Å². The number of ether oxygens (including phenoxy) is 2. The highest BCUT2D eigenvalue weighted by Gasteiger charge is 2.41. The highest BCUT2D eigenvalue weighted by molar-refractivity contribution is 5.90. The van der Waals surface area contributed by atoms with E-state index in [1.54, 1.807) is 29.1 Å². The van der Waals surface area contributed by atoms with Gasteiger partial charge in [0.2, 0.25) is 5.95 Å². The number of hydrogen-bond donors (Lipinski definition) is 1. The van der Waals surface area contributed by atoms with E-state index in [1.807, 2.05) is 6.92 Å². The van der Waals surface area contributed by atoms with Crippen molar-refractivity contribution in [3.05, 3.63) is 52.7 Å². The third-order valence-corrected chi connectivity index (χ3v) is 7.48. The average molecular weight is 569 g/mol. The quantitative estimate of drug-likeness (QED) is 0.329. The van der Waals surface area contributed by atoms with Crippen molar-refractivity contribution < 1.29 is 28.7 Å². The van der Waals surface area contributed by atoms with Crippen LogP contribution >= 0.6 is 0 Å². The number of nitro groups is 1. The smallest absolute Gasteiger partial charge is 0.415 e. The molecule has 2 atom stereocenters. The second-order valence-electron chi connectivity index (χ2n) is 10.7. The number of hydrogen-bond acceptors (Lipinski definition) is 11. The molecule has 1 amide bonds. The van der Waals surface area contributed by atoms with Crippen LogP contribution in [-0.2, 0) is 11.3 Å². The predicted molar refractivity (Wildman–Crippen MR) is 143 cm³/mol. The highest BCUT2D eigenvalue weighted by atomic mass is 19.1. The second-order valence-corrected chi connectivity index (χ2v) is 10.7. The Morgan fingerprint density at radius 2 is 2.02 bits per heavy atom. The number of aromatic nitrogens is 4. The summed E-state index contributed by atoms with van der Waals surface area (Å²) in [5, 5.41) is 20.2.